The number of benzene rings is 1. The lowest BCUT2D eigenvalue weighted by Crippen LogP contribution is -2.43. The average Bonchev–Trinajstić information content (AvgIpc) is 2.76. The van der Waals surface area contributed by atoms with Crippen LogP contribution in [0.5, 0.6) is 0 Å². The normalized spacial score (nSPS) is 14.3. The van der Waals surface area contributed by atoms with Crippen LogP contribution in [0.3, 0.4) is 0 Å². The molecule has 1 aromatic rings. The van der Waals surface area contributed by atoms with Gasteiger partial charge in [0.2, 0.25) is 0 Å². The van der Waals surface area contributed by atoms with Gasteiger partial charge in [0.25, 0.3) is 0 Å². The molecule has 0 bridgehead atoms. The fourth-order valence-electron chi connectivity index (χ4n) is 2.14. The highest BCUT2D eigenvalue weighted by molar-refractivity contribution is 6.60. The van der Waals surface area contributed by atoms with Gasteiger partial charge in [-0.15, -0.1) is 0 Å². The van der Waals surface area contributed by atoms with Crippen LogP contribution in [-0.4, -0.2) is 42.1 Å². The molecule has 0 saturated heterocycles. The number of fused-ring (bicyclic) bond motifs is 1. The number of hydrogen-bond acceptors (Lipinski definition) is 6. The predicted octanol–water partition coefficient (Wildman–Crippen LogP) is 1.42. The molecule has 0 aromatic heterocycles. The van der Waals surface area contributed by atoms with Crippen molar-refractivity contribution in [3.63, 3.8) is 0 Å². The zero-order valence-corrected chi connectivity index (χ0v) is 12.6. The molecular weight excluding hydrogens is 280 g/mol. The molecule has 1 heterocycles. The Hall–Kier alpha value is -1.54. The largest absolute Gasteiger partial charge is 0.500 e. The Morgan fingerprint density at radius 2 is 1.60 bits per heavy atom. The summed E-state index contributed by atoms with van der Waals surface area (Å²) in [4.78, 5) is 22.8. The first-order valence-electron chi connectivity index (χ1n) is 6.10. The molecule has 6 nitrogen and oxygen atoms in total. The number of cyclic esters (lactones) is 2. The summed E-state index contributed by atoms with van der Waals surface area (Å²) in [5.41, 5.74) is 1.53. The first-order valence-corrected chi connectivity index (χ1v) is 8.03. The van der Waals surface area contributed by atoms with E-state index >= 15 is 0 Å². The van der Waals surface area contributed by atoms with Crippen LogP contribution in [0.1, 0.15) is 26.3 Å². The third-order valence-corrected chi connectivity index (χ3v) is 6.09. The Morgan fingerprint density at radius 1 is 1.00 bits per heavy atom. The molecule has 108 valence electrons. The third-order valence-electron chi connectivity index (χ3n) is 3.36. The van der Waals surface area contributed by atoms with Crippen molar-refractivity contribution in [1.82, 2.24) is 0 Å². The van der Waals surface area contributed by atoms with Crippen LogP contribution in [0.4, 0.5) is 0 Å². The molecular formula is C13H16O6Si. The van der Waals surface area contributed by atoms with Crippen molar-refractivity contribution in [3.8, 4) is 0 Å². The molecule has 20 heavy (non-hydrogen) atoms. The maximum absolute atomic E-state index is 11.5. The van der Waals surface area contributed by atoms with Crippen molar-refractivity contribution < 1.29 is 27.6 Å². The summed E-state index contributed by atoms with van der Waals surface area (Å²) in [5.74, 6) is -1.19. The van der Waals surface area contributed by atoms with Gasteiger partial charge in [0.15, 0.2) is 0 Å². The Kier molecular flexibility index (Phi) is 4.34. The summed E-state index contributed by atoms with van der Waals surface area (Å²) >= 11 is 0. The number of rotatable bonds is 6. The van der Waals surface area contributed by atoms with Crippen LogP contribution < -0.4 is 0 Å². The van der Waals surface area contributed by atoms with Gasteiger partial charge in [-0.25, -0.2) is 9.59 Å². The van der Waals surface area contributed by atoms with Crippen LogP contribution in [0.2, 0.25) is 6.04 Å². The van der Waals surface area contributed by atoms with Gasteiger partial charge in [-0.2, -0.15) is 0 Å². The van der Waals surface area contributed by atoms with Crippen LogP contribution in [-0.2, 0) is 24.4 Å². The molecule has 0 N–H and O–H groups in total. The first-order chi connectivity index (χ1) is 9.55. The van der Waals surface area contributed by atoms with Crippen molar-refractivity contribution >= 4 is 20.7 Å². The molecule has 0 atom stereocenters. The van der Waals surface area contributed by atoms with Gasteiger partial charge < -0.3 is 18.0 Å². The van der Waals surface area contributed by atoms with E-state index in [0.717, 1.165) is 5.56 Å². The molecule has 1 aliphatic heterocycles. The number of aryl methyl sites for hydroxylation is 1. The molecule has 0 fully saturated rings. The Labute approximate surface area is 118 Å². The second-order valence-electron chi connectivity index (χ2n) is 4.35. The van der Waals surface area contributed by atoms with Crippen LogP contribution in [0, 0.1) is 0 Å². The predicted molar refractivity (Wildman–Crippen MR) is 71.5 cm³/mol. The molecule has 7 heteroatoms. The lowest BCUT2D eigenvalue weighted by molar-refractivity contribution is 0.0443. The smallest absolute Gasteiger partial charge is 0.386 e. The molecule has 1 aromatic carbocycles. The number of esters is 2. The van der Waals surface area contributed by atoms with Crippen molar-refractivity contribution in [1.29, 1.82) is 0 Å². The van der Waals surface area contributed by atoms with E-state index in [4.69, 9.17) is 13.3 Å². The van der Waals surface area contributed by atoms with Gasteiger partial charge in [-0.1, -0.05) is 6.07 Å². The van der Waals surface area contributed by atoms with Gasteiger partial charge in [-0.05, 0) is 24.1 Å². The minimum absolute atomic E-state index is 0.312. The van der Waals surface area contributed by atoms with Crippen molar-refractivity contribution in [3.05, 3.63) is 34.9 Å². The van der Waals surface area contributed by atoms with Gasteiger partial charge >= 0.3 is 20.7 Å². The highest BCUT2D eigenvalue weighted by atomic mass is 28.4. The molecule has 2 rings (SSSR count). The molecule has 0 spiro atoms. The zero-order valence-electron chi connectivity index (χ0n) is 11.6. The van der Waals surface area contributed by atoms with E-state index in [2.05, 4.69) is 4.74 Å². The van der Waals surface area contributed by atoms with Crippen molar-refractivity contribution in [2.75, 3.05) is 21.3 Å². The van der Waals surface area contributed by atoms with Gasteiger partial charge in [0, 0.05) is 27.4 Å². The van der Waals surface area contributed by atoms with E-state index in [0.29, 0.717) is 23.6 Å². The maximum Gasteiger partial charge on any atom is 0.500 e. The van der Waals surface area contributed by atoms with Crippen molar-refractivity contribution in [2.45, 2.75) is 12.5 Å². The summed E-state index contributed by atoms with van der Waals surface area (Å²) in [5, 5.41) is 0. The summed E-state index contributed by atoms with van der Waals surface area (Å²) in [7, 11) is 2.02. The molecule has 0 amide bonds. The topological polar surface area (TPSA) is 71.1 Å². The zero-order chi connectivity index (χ0) is 14.8. The summed E-state index contributed by atoms with van der Waals surface area (Å²) < 4.78 is 20.6. The quantitative estimate of drug-likeness (QED) is 0.449. The summed E-state index contributed by atoms with van der Waals surface area (Å²) in [6.07, 6.45) is 0.622. The van der Waals surface area contributed by atoms with Gasteiger partial charge in [0.05, 0.1) is 11.1 Å². The Bertz CT molecular complexity index is 529. The van der Waals surface area contributed by atoms with Gasteiger partial charge in [-0.3, -0.25) is 0 Å². The van der Waals surface area contributed by atoms with Crippen LogP contribution in [0.25, 0.3) is 0 Å². The van der Waals surface area contributed by atoms with E-state index in [1.165, 1.54) is 0 Å². The SMILES string of the molecule is CO[Si](CCc1ccc2c(c1)C(=O)OC2=O)(OC)OC. The lowest BCUT2D eigenvalue weighted by Gasteiger charge is -2.24. The average molecular weight is 296 g/mol. The van der Waals surface area contributed by atoms with E-state index in [-0.39, 0.29) is 0 Å². The molecule has 1 aliphatic rings. The molecule has 0 saturated carbocycles. The Morgan fingerprint density at radius 3 is 2.20 bits per heavy atom. The van der Waals surface area contributed by atoms with E-state index in [9.17, 15) is 9.59 Å². The molecule has 0 aliphatic carbocycles. The monoisotopic (exact) mass is 296 g/mol. The van der Waals surface area contributed by atoms with Crippen LogP contribution in [0.15, 0.2) is 18.2 Å². The number of hydrogen-bond donors (Lipinski definition) is 0. The van der Waals surface area contributed by atoms with E-state index < -0.39 is 20.7 Å². The van der Waals surface area contributed by atoms with Gasteiger partial charge in [0.1, 0.15) is 0 Å². The van der Waals surface area contributed by atoms with Crippen LogP contribution >= 0.6 is 0 Å². The van der Waals surface area contributed by atoms with Crippen molar-refractivity contribution in [2.24, 2.45) is 0 Å². The second kappa shape index (κ2) is 5.84. The Balaban J connectivity index is 2.14. The summed E-state index contributed by atoms with van der Waals surface area (Å²) in [6.45, 7) is 0. The fraction of sp³-hybridized carbons (Fsp3) is 0.385. The van der Waals surface area contributed by atoms with E-state index in [1.54, 1.807) is 39.5 Å². The lowest BCUT2D eigenvalue weighted by atomic mass is 10.0. The highest BCUT2D eigenvalue weighted by Crippen LogP contribution is 2.23. The summed E-state index contributed by atoms with van der Waals surface area (Å²) in [6, 6.07) is 5.65. The standard InChI is InChI=1S/C13H16O6Si/c1-16-20(17-2,18-3)7-6-9-4-5-10-11(8-9)13(15)19-12(10)14/h4-5,8H,6-7H2,1-3H3. The highest BCUT2D eigenvalue weighted by Gasteiger charge is 2.37. The second-order valence-corrected chi connectivity index (χ2v) is 7.44. The third kappa shape index (κ3) is 2.66. The number of carbonyl (C=O) groups is 2. The minimum Gasteiger partial charge on any atom is -0.386 e. The minimum atomic E-state index is -2.64. The molecule has 0 unspecified atom stereocenters. The number of ether oxygens (including phenoxy) is 1. The number of carbonyl (C=O) groups excluding carboxylic acids is 2. The maximum atomic E-state index is 11.5. The first kappa shape index (κ1) is 14.9. The fourth-order valence-corrected chi connectivity index (χ4v) is 3.85. The van der Waals surface area contributed by atoms with E-state index in [1.807, 2.05) is 0 Å². The molecule has 0 radical (unpaired) electrons.